The molecule has 3 aromatic rings. The summed E-state index contributed by atoms with van der Waals surface area (Å²) in [5, 5.41) is 8.01. The number of benzene rings is 2. The molecule has 5 nitrogen and oxygen atoms in total. The molecule has 132 valence electrons. The third-order valence-electron chi connectivity index (χ3n) is 3.80. The molecule has 0 saturated carbocycles. The van der Waals surface area contributed by atoms with Crippen molar-refractivity contribution >= 4 is 34.0 Å². The van der Waals surface area contributed by atoms with Gasteiger partial charge in [-0.05, 0) is 25.1 Å². The Morgan fingerprint density at radius 1 is 1.08 bits per heavy atom. The van der Waals surface area contributed by atoms with E-state index in [0.717, 1.165) is 11.3 Å². The SMILES string of the molecule is CCC(=O)Nc1cccc(C(=O)Nc2nc(-c3ccc(C)cc3)cs2)c1. The van der Waals surface area contributed by atoms with Gasteiger partial charge < -0.3 is 5.32 Å². The van der Waals surface area contributed by atoms with Crippen molar-refractivity contribution in [2.45, 2.75) is 20.3 Å². The second-order valence-electron chi connectivity index (χ2n) is 5.84. The van der Waals surface area contributed by atoms with E-state index in [-0.39, 0.29) is 11.8 Å². The smallest absolute Gasteiger partial charge is 0.257 e. The van der Waals surface area contributed by atoms with Gasteiger partial charge in [0.05, 0.1) is 5.69 Å². The van der Waals surface area contributed by atoms with Crippen molar-refractivity contribution in [2.24, 2.45) is 0 Å². The Hall–Kier alpha value is -2.99. The van der Waals surface area contributed by atoms with Gasteiger partial charge in [-0.3, -0.25) is 14.9 Å². The van der Waals surface area contributed by atoms with Crippen LogP contribution >= 0.6 is 11.3 Å². The Morgan fingerprint density at radius 2 is 1.85 bits per heavy atom. The summed E-state index contributed by atoms with van der Waals surface area (Å²) in [6.07, 6.45) is 0.386. The van der Waals surface area contributed by atoms with E-state index in [0.29, 0.717) is 22.8 Å². The molecular weight excluding hydrogens is 346 g/mol. The van der Waals surface area contributed by atoms with Gasteiger partial charge in [-0.1, -0.05) is 42.8 Å². The Bertz CT molecular complexity index is 932. The van der Waals surface area contributed by atoms with Crippen molar-refractivity contribution in [1.82, 2.24) is 4.98 Å². The predicted octanol–water partition coefficient (Wildman–Crippen LogP) is 4.72. The number of aromatic nitrogens is 1. The fourth-order valence-corrected chi connectivity index (χ4v) is 3.06. The molecule has 0 saturated heterocycles. The van der Waals surface area contributed by atoms with E-state index < -0.39 is 0 Å². The summed E-state index contributed by atoms with van der Waals surface area (Å²) in [6, 6.07) is 14.9. The highest BCUT2D eigenvalue weighted by Crippen LogP contribution is 2.25. The topological polar surface area (TPSA) is 71.1 Å². The van der Waals surface area contributed by atoms with Crippen LogP contribution in [-0.2, 0) is 4.79 Å². The van der Waals surface area contributed by atoms with Crippen molar-refractivity contribution in [2.75, 3.05) is 10.6 Å². The average Bonchev–Trinajstić information content (AvgIpc) is 3.11. The lowest BCUT2D eigenvalue weighted by molar-refractivity contribution is -0.115. The number of nitrogens with one attached hydrogen (secondary N) is 2. The van der Waals surface area contributed by atoms with Crippen LogP contribution < -0.4 is 10.6 Å². The van der Waals surface area contributed by atoms with Crippen LogP contribution in [0.4, 0.5) is 10.8 Å². The summed E-state index contributed by atoms with van der Waals surface area (Å²) in [5.41, 5.74) is 4.09. The summed E-state index contributed by atoms with van der Waals surface area (Å²) in [6.45, 7) is 3.81. The lowest BCUT2D eigenvalue weighted by atomic mass is 10.1. The number of hydrogen-bond acceptors (Lipinski definition) is 4. The minimum Gasteiger partial charge on any atom is -0.326 e. The zero-order chi connectivity index (χ0) is 18.5. The summed E-state index contributed by atoms with van der Waals surface area (Å²) < 4.78 is 0. The number of carbonyl (C=O) groups is 2. The van der Waals surface area contributed by atoms with E-state index in [1.54, 1.807) is 31.2 Å². The van der Waals surface area contributed by atoms with Crippen LogP contribution in [0, 0.1) is 6.92 Å². The van der Waals surface area contributed by atoms with Gasteiger partial charge in [0.2, 0.25) is 5.91 Å². The first-order chi connectivity index (χ1) is 12.5. The molecule has 0 bridgehead atoms. The van der Waals surface area contributed by atoms with E-state index in [1.807, 2.05) is 36.6 Å². The maximum Gasteiger partial charge on any atom is 0.257 e. The molecule has 6 heteroatoms. The monoisotopic (exact) mass is 365 g/mol. The molecule has 1 aromatic heterocycles. The number of aryl methyl sites for hydroxylation is 1. The van der Waals surface area contributed by atoms with Crippen LogP contribution in [0.1, 0.15) is 29.3 Å². The molecule has 0 spiro atoms. The molecule has 2 aromatic carbocycles. The van der Waals surface area contributed by atoms with Crippen LogP contribution in [0.2, 0.25) is 0 Å². The molecule has 0 aliphatic carbocycles. The molecule has 26 heavy (non-hydrogen) atoms. The molecule has 0 aliphatic heterocycles. The quantitative estimate of drug-likeness (QED) is 0.687. The molecule has 2 N–H and O–H groups in total. The highest BCUT2D eigenvalue weighted by Gasteiger charge is 2.11. The average molecular weight is 365 g/mol. The van der Waals surface area contributed by atoms with Crippen molar-refractivity contribution in [3.05, 3.63) is 65.0 Å². The molecule has 0 atom stereocenters. The molecular formula is C20H19N3O2S. The first kappa shape index (κ1) is 17.8. The van der Waals surface area contributed by atoms with Gasteiger partial charge >= 0.3 is 0 Å². The van der Waals surface area contributed by atoms with E-state index in [2.05, 4.69) is 15.6 Å². The second kappa shape index (κ2) is 7.93. The maximum atomic E-state index is 12.5. The summed E-state index contributed by atoms with van der Waals surface area (Å²) >= 11 is 1.38. The van der Waals surface area contributed by atoms with Gasteiger partial charge in [-0.2, -0.15) is 0 Å². The first-order valence-corrected chi connectivity index (χ1v) is 9.17. The minimum atomic E-state index is -0.262. The fourth-order valence-electron chi connectivity index (χ4n) is 2.34. The number of carbonyl (C=O) groups excluding carboxylic acids is 2. The van der Waals surface area contributed by atoms with Gasteiger partial charge in [0.15, 0.2) is 5.13 Å². The number of thiazole rings is 1. The Balaban J connectivity index is 1.71. The number of hydrogen-bond donors (Lipinski definition) is 2. The van der Waals surface area contributed by atoms with Crippen molar-refractivity contribution in [3.8, 4) is 11.3 Å². The first-order valence-electron chi connectivity index (χ1n) is 8.29. The fraction of sp³-hybridized carbons (Fsp3) is 0.150. The van der Waals surface area contributed by atoms with Gasteiger partial charge in [0.25, 0.3) is 5.91 Å². The van der Waals surface area contributed by atoms with Gasteiger partial charge in [0, 0.05) is 28.6 Å². The lowest BCUT2D eigenvalue weighted by Gasteiger charge is -2.06. The van der Waals surface area contributed by atoms with E-state index in [9.17, 15) is 9.59 Å². The maximum absolute atomic E-state index is 12.5. The Morgan fingerprint density at radius 3 is 2.58 bits per heavy atom. The van der Waals surface area contributed by atoms with Crippen LogP contribution in [0.15, 0.2) is 53.9 Å². The molecule has 0 aliphatic rings. The highest BCUT2D eigenvalue weighted by molar-refractivity contribution is 7.14. The summed E-state index contributed by atoms with van der Waals surface area (Å²) in [5.74, 6) is -0.354. The van der Waals surface area contributed by atoms with E-state index >= 15 is 0 Å². The molecule has 2 amide bonds. The largest absolute Gasteiger partial charge is 0.326 e. The molecule has 1 heterocycles. The van der Waals surface area contributed by atoms with Crippen LogP contribution in [0.3, 0.4) is 0 Å². The minimum absolute atomic E-state index is 0.0924. The second-order valence-corrected chi connectivity index (χ2v) is 6.70. The van der Waals surface area contributed by atoms with Crippen LogP contribution in [-0.4, -0.2) is 16.8 Å². The predicted molar refractivity (Wildman–Crippen MR) is 106 cm³/mol. The number of rotatable bonds is 5. The molecule has 0 radical (unpaired) electrons. The third-order valence-corrected chi connectivity index (χ3v) is 4.56. The Labute approximate surface area is 156 Å². The van der Waals surface area contributed by atoms with Crippen LogP contribution in [0.25, 0.3) is 11.3 Å². The van der Waals surface area contributed by atoms with Gasteiger partial charge in [-0.25, -0.2) is 4.98 Å². The van der Waals surface area contributed by atoms with Crippen molar-refractivity contribution in [3.63, 3.8) is 0 Å². The molecule has 0 fully saturated rings. The lowest BCUT2D eigenvalue weighted by Crippen LogP contribution is -2.13. The van der Waals surface area contributed by atoms with Crippen LogP contribution in [0.5, 0.6) is 0 Å². The number of amides is 2. The van der Waals surface area contributed by atoms with Crippen molar-refractivity contribution in [1.29, 1.82) is 0 Å². The molecule has 0 unspecified atom stereocenters. The zero-order valence-corrected chi connectivity index (χ0v) is 15.4. The molecule has 3 rings (SSSR count). The zero-order valence-electron chi connectivity index (χ0n) is 14.6. The summed E-state index contributed by atoms with van der Waals surface area (Å²) in [7, 11) is 0. The highest BCUT2D eigenvalue weighted by atomic mass is 32.1. The van der Waals surface area contributed by atoms with Gasteiger partial charge in [-0.15, -0.1) is 11.3 Å². The standard InChI is InChI=1S/C20H19N3O2S/c1-3-18(24)21-16-6-4-5-15(11-16)19(25)23-20-22-17(12-26-20)14-9-7-13(2)8-10-14/h4-12H,3H2,1-2H3,(H,21,24)(H,22,23,25). The van der Waals surface area contributed by atoms with Gasteiger partial charge in [0.1, 0.15) is 0 Å². The van der Waals surface area contributed by atoms with Crippen molar-refractivity contribution < 1.29 is 9.59 Å². The summed E-state index contributed by atoms with van der Waals surface area (Å²) in [4.78, 5) is 28.4. The normalized spacial score (nSPS) is 10.4. The van der Waals surface area contributed by atoms with E-state index in [4.69, 9.17) is 0 Å². The Kier molecular flexibility index (Phi) is 5.43. The third kappa shape index (κ3) is 4.34. The number of anilines is 2. The number of nitrogens with zero attached hydrogens (tertiary/aromatic N) is 1. The van der Waals surface area contributed by atoms with E-state index in [1.165, 1.54) is 16.9 Å².